The van der Waals surface area contributed by atoms with Crippen molar-refractivity contribution in [1.29, 1.82) is 5.26 Å². The van der Waals surface area contributed by atoms with Crippen LogP contribution in [0.1, 0.15) is 11.1 Å². The quantitative estimate of drug-likeness (QED) is 0.693. The van der Waals surface area contributed by atoms with Crippen LogP contribution >= 0.6 is 15.9 Å². The van der Waals surface area contributed by atoms with Crippen molar-refractivity contribution in [2.24, 2.45) is 0 Å². The number of benzene rings is 2. The van der Waals surface area contributed by atoms with Gasteiger partial charge in [-0.15, -0.1) is 0 Å². The molecule has 0 N–H and O–H groups in total. The van der Waals surface area contributed by atoms with Crippen LogP contribution in [-0.4, -0.2) is 4.57 Å². The fourth-order valence-electron chi connectivity index (χ4n) is 2.24. The van der Waals surface area contributed by atoms with Crippen molar-refractivity contribution in [2.45, 2.75) is 6.54 Å². The minimum absolute atomic E-state index is 0.705. The lowest BCUT2D eigenvalue weighted by molar-refractivity contribution is 0.836. The van der Waals surface area contributed by atoms with Gasteiger partial charge >= 0.3 is 0 Å². The number of hydrogen-bond donors (Lipinski definition) is 0. The highest BCUT2D eigenvalue weighted by molar-refractivity contribution is 9.10. The maximum atomic E-state index is 8.93. The highest BCUT2D eigenvalue weighted by atomic mass is 79.9. The van der Waals surface area contributed by atoms with E-state index in [2.05, 4.69) is 51.0 Å². The van der Waals surface area contributed by atoms with Gasteiger partial charge < -0.3 is 4.57 Å². The molecule has 19 heavy (non-hydrogen) atoms. The van der Waals surface area contributed by atoms with Crippen LogP contribution in [0.3, 0.4) is 0 Å². The van der Waals surface area contributed by atoms with E-state index in [0.29, 0.717) is 5.56 Å². The van der Waals surface area contributed by atoms with E-state index in [-0.39, 0.29) is 0 Å². The summed E-state index contributed by atoms with van der Waals surface area (Å²) in [6.45, 7) is 0.778. The second-order valence-electron chi connectivity index (χ2n) is 4.46. The first-order valence-corrected chi connectivity index (χ1v) is 6.79. The van der Waals surface area contributed by atoms with E-state index < -0.39 is 0 Å². The largest absolute Gasteiger partial charge is 0.343 e. The van der Waals surface area contributed by atoms with Gasteiger partial charge in [0.2, 0.25) is 0 Å². The van der Waals surface area contributed by atoms with Crippen molar-refractivity contribution in [1.82, 2.24) is 4.57 Å². The molecule has 1 heterocycles. The molecule has 3 heteroatoms. The molecule has 0 aliphatic heterocycles. The van der Waals surface area contributed by atoms with Crippen LogP contribution in [0.15, 0.2) is 59.2 Å². The Bertz CT molecular complexity index is 781. The van der Waals surface area contributed by atoms with E-state index in [1.165, 1.54) is 10.9 Å². The van der Waals surface area contributed by atoms with E-state index in [9.17, 15) is 0 Å². The van der Waals surface area contributed by atoms with Crippen LogP contribution in [0.2, 0.25) is 0 Å². The van der Waals surface area contributed by atoms with Crippen molar-refractivity contribution < 1.29 is 0 Å². The summed E-state index contributed by atoms with van der Waals surface area (Å²) in [5.74, 6) is 0. The Balaban J connectivity index is 1.99. The molecule has 1 aromatic heterocycles. The lowest BCUT2D eigenvalue weighted by Crippen LogP contribution is -1.97. The normalized spacial score (nSPS) is 10.5. The summed E-state index contributed by atoms with van der Waals surface area (Å²) in [6, 6.07) is 18.3. The Hall–Kier alpha value is -2.05. The molecule has 0 atom stereocenters. The highest BCUT2D eigenvalue weighted by Crippen LogP contribution is 2.21. The molecule has 2 nitrogen and oxygen atoms in total. The second kappa shape index (κ2) is 4.91. The van der Waals surface area contributed by atoms with Gasteiger partial charge in [-0.05, 0) is 42.0 Å². The fourth-order valence-corrected chi connectivity index (χ4v) is 2.62. The van der Waals surface area contributed by atoms with Gasteiger partial charge in [0.05, 0.1) is 11.6 Å². The van der Waals surface area contributed by atoms with E-state index >= 15 is 0 Å². The minimum atomic E-state index is 0.705. The maximum absolute atomic E-state index is 8.93. The molecule has 0 spiro atoms. The molecule has 0 aliphatic carbocycles. The Morgan fingerprint density at radius 2 is 2.00 bits per heavy atom. The first-order chi connectivity index (χ1) is 9.26. The molecule has 0 bridgehead atoms. The first-order valence-electron chi connectivity index (χ1n) is 6.00. The van der Waals surface area contributed by atoms with Crippen molar-refractivity contribution in [2.75, 3.05) is 0 Å². The maximum Gasteiger partial charge on any atom is 0.0991 e. The molecule has 0 saturated heterocycles. The third kappa shape index (κ3) is 2.40. The second-order valence-corrected chi connectivity index (χ2v) is 5.37. The average molecular weight is 311 g/mol. The topological polar surface area (TPSA) is 28.7 Å². The van der Waals surface area contributed by atoms with Crippen LogP contribution in [0.25, 0.3) is 10.9 Å². The standard InChI is InChI=1S/C16H11BrN2/c17-15-4-5-16-14(9-15)6-7-19(16)11-13-3-1-2-12(8-13)10-18/h1-9H,11H2. The number of hydrogen-bond acceptors (Lipinski definition) is 1. The zero-order chi connectivity index (χ0) is 13.2. The van der Waals surface area contributed by atoms with Crippen LogP contribution in [0.5, 0.6) is 0 Å². The van der Waals surface area contributed by atoms with E-state index in [1.807, 2.05) is 30.3 Å². The molecule has 0 unspecified atom stereocenters. The van der Waals surface area contributed by atoms with Crippen LogP contribution < -0.4 is 0 Å². The molecule has 0 saturated carbocycles. The Morgan fingerprint density at radius 1 is 1.11 bits per heavy atom. The summed E-state index contributed by atoms with van der Waals surface area (Å²) < 4.78 is 3.28. The average Bonchev–Trinajstić information content (AvgIpc) is 2.81. The van der Waals surface area contributed by atoms with Crippen LogP contribution in [0.4, 0.5) is 0 Å². The lowest BCUT2D eigenvalue weighted by atomic mass is 10.1. The van der Waals surface area contributed by atoms with Gasteiger partial charge in [-0.3, -0.25) is 0 Å². The monoisotopic (exact) mass is 310 g/mol. The van der Waals surface area contributed by atoms with Gasteiger partial charge in [-0.25, -0.2) is 0 Å². The molecular formula is C16H11BrN2. The number of rotatable bonds is 2. The number of nitriles is 1. The zero-order valence-electron chi connectivity index (χ0n) is 10.2. The third-order valence-electron chi connectivity index (χ3n) is 3.14. The number of nitrogens with zero attached hydrogens (tertiary/aromatic N) is 2. The smallest absolute Gasteiger partial charge is 0.0991 e. The minimum Gasteiger partial charge on any atom is -0.343 e. The van der Waals surface area contributed by atoms with E-state index in [0.717, 1.165) is 16.6 Å². The molecule has 3 rings (SSSR count). The van der Waals surface area contributed by atoms with Gasteiger partial charge in [-0.2, -0.15) is 5.26 Å². The Morgan fingerprint density at radius 3 is 2.84 bits per heavy atom. The van der Waals surface area contributed by atoms with Crippen LogP contribution in [-0.2, 0) is 6.54 Å². The molecule has 0 radical (unpaired) electrons. The van der Waals surface area contributed by atoms with Gasteiger partial charge in [0, 0.05) is 28.1 Å². The molecule has 2 aromatic carbocycles. The molecule has 0 fully saturated rings. The Kier molecular flexibility index (Phi) is 3.10. The number of fused-ring (bicyclic) bond motifs is 1. The summed E-state index contributed by atoms with van der Waals surface area (Å²) in [5.41, 5.74) is 3.04. The summed E-state index contributed by atoms with van der Waals surface area (Å²) in [4.78, 5) is 0. The van der Waals surface area contributed by atoms with E-state index in [1.54, 1.807) is 0 Å². The Labute approximate surface area is 120 Å². The zero-order valence-corrected chi connectivity index (χ0v) is 11.8. The first kappa shape index (κ1) is 12.0. The molecule has 0 amide bonds. The predicted molar refractivity (Wildman–Crippen MR) is 79.9 cm³/mol. The van der Waals surface area contributed by atoms with Crippen LogP contribution in [0, 0.1) is 11.3 Å². The SMILES string of the molecule is N#Cc1cccc(Cn2ccc3cc(Br)ccc32)c1. The molecule has 0 aliphatic rings. The van der Waals surface area contributed by atoms with Crippen molar-refractivity contribution in [3.63, 3.8) is 0 Å². The van der Waals surface area contributed by atoms with Gasteiger partial charge in [-0.1, -0.05) is 28.1 Å². The summed E-state index contributed by atoms with van der Waals surface area (Å²) >= 11 is 3.48. The van der Waals surface area contributed by atoms with Crippen molar-refractivity contribution >= 4 is 26.8 Å². The summed E-state index contributed by atoms with van der Waals surface area (Å²) in [5, 5.41) is 10.1. The summed E-state index contributed by atoms with van der Waals surface area (Å²) in [7, 11) is 0. The van der Waals surface area contributed by atoms with Crippen molar-refractivity contribution in [3.05, 3.63) is 70.3 Å². The fraction of sp³-hybridized carbons (Fsp3) is 0.0625. The molecule has 3 aromatic rings. The highest BCUT2D eigenvalue weighted by Gasteiger charge is 2.03. The lowest BCUT2D eigenvalue weighted by Gasteiger charge is -2.06. The van der Waals surface area contributed by atoms with E-state index in [4.69, 9.17) is 5.26 Å². The van der Waals surface area contributed by atoms with Gasteiger partial charge in [0.15, 0.2) is 0 Å². The molecular weight excluding hydrogens is 300 g/mol. The number of aromatic nitrogens is 1. The predicted octanol–water partition coefficient (Wildman–Crippen LogP) is 4.32. The van der Waals surface area contributed by atoms with Gasteiger partial charge in [0.25, 0.3) is 0 Å². The summed E-state index contributed by atoms with van der Waals surface area (Å²) in [6.07, 6.45) is 2.08. The van der Waals surface area contributed by atoms with Crippen molar-refractivity contribution in [3.8, 4) is 6.07 Å². The number of halogens is 1. The molecule has 92 valence electrons. The third-order valence-corrected chi connectivity index (χ3v) is 3.64. The van der Waals surface area contributed by atoms with Gasteiger partial charge in [0.1, 0.15) is 0 Å².